The summed E-state index contributed by atoms with van der Waals surface area (Å²) in [4.78, 5) is 15.1. The monoisotopic (exact) mass is 289 g/mol. The number of anilines is 1. The van der Waals surface area contributed by atoms with E-state index in [1.165, 1.54) is 11.1 Å². The van der Waals surface area contributed by atoms with Gasteiger partial charge in [0, 0.05) is 18.8 Å². The molecule has 0 saturated heterocycles. The molecule has 1 N–H and O–H groups in total. The topological polar surface area (TPSA) is 79.0 Å². The molecule has 0 saturated carbocycles. The van der Waals surface area contributed by atoms with Gasteiger partial charge in [0.2, 0.25) is 0 Å². The zero-order valence-electron chi connectivity index (χ0n) is 10.1. The lowest BCUT2D eigenvalue weighted by molar-refractivity contribution is -0.388. The van der Waals surface area contributed by atoms with Crippen molar-refractivity contribution in [1.29, 1.82) is 0 Å². The summed E-state index contributed by atoms with van der Waals surface area (Å²) in [5, 5.41) is 19.7. The molecule has 1 aromatic carbocycles. The molecule has 1 aromatic rings. The zero-order valence-corrected chi connectivity index (χ0v) is 10.1. The average Bonchev–Trinajstić information content (AvgIpc) is 2.37. The third-order valence-electron chi connectivity index (χ3n) is 2.84. The summed E-state index contributed by atoms with van der Waals surface area (Å²) in [5.74, 6) is 0. The fraction of sp³-hybridized carbons (Fsp3) is 0.364. The summed E-state index contributed by atoms with van der Waals surface area (Å²) >= 11 is 0. The predicted octanol–water partition coefficient (Wildman–Crippen LogP) is 2.13. The number of aliphatic hydroxyl groups is 1. The van der Waals surface area contributed by atoms with E-state index in [2.05, 4.69) is 4.99 Å². The van der Waals surface area contributed by atoms with E-state index in [1.54, 1.807) is 0 Å². The van der Waals surface area contributed by atoms with Crippen LogP contribution in [0.1, 0.15) is 5.56 Å². The van der Waals surface area contributed by atoms with Crippen LogP contribution in [0, 0.1) is 10.1 Å². The summed E-state index contributed by atoms with van der Waals surface area (Å²) in [7, 11) is 0. The minimum atomic E-state index is -4.83. The molecule has 0 aromatic heterocycles. The highest BCUT2D eigenvalue weighted by Crippen LogP contribution is 2.43. The minimum absolute atomic E-state index is 0.00243. The van der Waals surface area contributed by atoms with Crippen LogP contribution in [-0.2, 0) is 6.18 Å². The summed E-state index contributed by atoms with van der Waals surface area (Å²) in [6.45, 7) is 0.208. The van der Waals surface area contributed by atoms with E-state index in [0.29, 0.717) is 6.07 Å². The summed E-state index contributed by atoms with van der Waals surface area (Å²) in [6, 6.07) is 1.51. The fourth-order valence-corrected chi connectivity index (χ4v) is 1.97. The number of rotatable bonds is 3. The maximum absolute atomic E-state index is 12.8. The third-order valence-corrected chi connectivity index (χ3v) is 2.84. The van der Waals surface area contributed by atoms with Gasteiger partial charge in [-0.15, -0.1) is 0 Å². The number of benzene rings is 1. The zero-order chi connectivity index (χ0) is 14.9. The Balaban J connectivity index is 2.61. The van der Waals surface area contributed by atoms with Crippen molar-refractivity contribution in [1.82, 2.24) is 0 Å². The van der Waals surface area contributed by atoms with Crippen LogP contribution in [0.3, 0.4) is 0 Å². The normalized spacial score (nSPS) is 14.3. The van der Waals surface area contributed by atoms with Crippen LogP contribution in [0.15, 0.2) is 17.1 Å². The molecule has 2 rings (SSSR count). The number of nitrogens with zero attached hydrogens (tertiary/aromatic N) is 3. The van der Waals surface area contributed by atoms with Crippen molar-refractivity contribution in [2.24, 2.45) is 4.99 Å². The van der Waals surface area contributed by atoms with Gasteiger partial charge in [0.05, 0.1) is 29.4 Å². The van der Waals surface area contributed by atoms with Crippen LogP contribution in [0.25, 0.3) is 0 Å². The van der Waals surface area contributed by atoms with Gasteiger partial charge in [0.25, 0.3) is 5.69 Å². The number of fused-ring (bicyclic) bond motifs is 1. The van der Waals surface area contributed by atoms with Crippen molar-refractivity contribution < 1.29 is 23.2 Å². The second kappa shape index (κ2) is 5.08. The molecule has 20 heavy (non-hydrogen) atoms. The molecule has 9 heteroatoms. The van der Waals surface area contributed by atoms with Crippen LogP contribution in [0.2, 0.25) is 0 Å². The predicted molar refractivity (Wildman–Crippen MR) is 65.5 cm³/mol. The van der Waals surface area contributed by atoms with Crippen molar-refractivity contribution in [2.45, 2.75) is 6.18 Å². The number of aliphatic imine (C=N–C) groups is 1. The van der Waals surface area contributed by atoms with E-state index in [9.17, 15) is 23.3 Å². The molecule has 0 fully saturated rings. The van der Waals surface area contributed by atoms with E-state index >= 15 is 0 Å². The van der Waals surface area contributed by atoms with Crippen molar-refractivity contribution in [3.05, 3.63) is 27.8 Å². The van der Waals surface area contributed by atoms with E-state index in [-0.39, 0.29) is 31.1 Å². The van der Waals surface area contributed by atoms with Gasteiger partial charge in [-0.1, -0.05) is 0 Å². The molecule has 0 amide bonds. The molecular weight excluding hydrogens is 279 g/mol. The minimum Gasteiger partial charge on any atom is -0.395 e. The summed E-state index contributed by atoms with van der Waals surface area (Å²) in [5.41, 5.74) is -2.13. The Morgan fingerprint density at radius 3 is 2.70 bits per heavy atom. The second-order valence-corrected chi connectivity index (χ2v) is 4.09. The van der Waals surface area contributed by atoms with Crippen LogP contribution in [-0.4, -0.2) is 35.9 Å². The summed E-state index contributed by atoms with van der Waals surface area (Å²) < 4.78 is 38.4. The van der Waals surface area contributed by atoms with Gasteiger partial charge >= 0.3 is 6.18 Å². The van der Waals surface area contributed by atoms with Crippen LogP contribution in [0.4, 0.5) is 30.2 Å². The Morgan fingerprint density at radius 2 is 2.15 bits per heavy atom. The molecule has 0 unspecified atom stereocenters. The Labute approximate surface area is 111 Å². The fourth-order valence-electron chi connectivity index (χ4n) is 1.97. The quantitative estimate of drug-likeness (QED) is 0.683. The maximum atomic E-state index is 12.8. The van der Waals surface area contributed by atoms with Gasteiger partial charge in [0.15, 0.2) is 0 Å². The SMILES string of the molecule is O=[N+]([O-])c1cc2c(cc1C(F)(F)F)N=CCN2CCO. The highest BCUT2D eigenvalue weighted by Gasteiger charge is 2.40. The van der Waals surface area contributed by atoms with Crippen LogP contribution in [0.5, 0.6) is 0 Å². The largest absolute Gasteiger partial charge is 0.423 e. The van der Waals surface area contributed by atoms with Crippen LogP contribution < -0.4 is 4.90 Å². The average molecular weight is 289 g/mol. The Morgan fingerprint density at radius 1 is 1.45 bits per heavy atom. The number of halogens is 3. The first-order valence-electron chi connectivity index (χ1n) is 5.62. The van der Waals surface area contributed by atoms with Gasteiger partial charge in [-0.25, -0.2) is 0 Å². The van der Waals surface area contributed by atoms with Gasteiger partial charge in [-0.2, -0.15) is 13.2 Å². The number of aliphatic hydroxyl groups excluding tert-OH is 1. The lowest BCUT2D eigenvalue weighted by atomic mass is 10.1. The smallest absolute Gasteiger partial charge is 0.395 e. The van der Waals surface area contributed by atoms with Crippen LogP contribution >= 0.6 is 0 Å². The highest BCUT2D eigenvalue weighted by molar-refractivity contribution is 5.84. The molecule has 0 radical (unpaired) electrons. The lowest BCUT2D eigenvalue weighted by Gasteiger charge is -2.27. The van der Waals surface area contributed by atoms with Gasteiger partial charge in [0.1, 0.15) is 5.56 Å². The Bertz CT molecular complexity index is 572. The van der Waals surface area contributed by atoms with E-state index in [1.807, 2.05) is 0 Å². The van der Waals surface area contributed by atoms with Crippen molar-refractivity contribution in [3.63, 3.8) is 0 Å². The van der Waals surface area contributed by atoms with Crippen molar-refractivity contribution in [2.75, 3.05) is 24.6 Å². The number of nitro groups is 1. The molecular formula is C11H10F3N3O3. The molecule has 1 heterocycles. The number of hydrogen-bond donors (Lipinski definition) is 1. The van der Waals surface area contributed by atoms with Gasteiger partial charge in [-0.05, 0) is 6.07 Å². The van der Waals surface area contributed by atoms with Gasteiger partial charge < -0.3 is 10.0 Å². The first kappa shape index (κ1) is 14.3. The molecule has 0 aliphatic carbocycles. The van der Waals surface area contributed by atoms with E-state index in [4.69, 9.17) is 5.11 Å². The first-order chi connectivity index (χ1) is 9.34. The van der Waals surface area contributed by atoms with Gasteiger partial charge in [-0.3, -0.25) is 15.1 Å². The van der Waals surface area contributed by atoms with Crippen molar-refractivity contribution in [3.8, 4) is 0 Å². The third kappa shape index (κ3) is 2.57. The number of nitro benzene ring substituents is 1. The Kier molecular flexibility index (Phi) is 3.62. The highest BCUT2D eigenvalue weighted by atomic mass is 19.4. The molecule has 1 aliphatic rings. The molecule has 1 aliphatic heterocycles. The molecule has 0 spiro atoms. The lowest BCUT2D eigenvalue weighted by Crippen LogP contribution is -2.30. The Hall–Kier alpha value is -2.16. The standard InChI is InChI=1S/C11H10F3N3O3/c12-11(13,14)7-5-8-10(6-9(7)17(19)20)16(3-4-18)2-1-15-8/h1,5-6,18H,2-4H2. The van der Waals surface area contributed by atoms with Crippen molar-refractivity contribution >= 4 is 23.3 Å². The number of alkyl halides is 3. The first-order valence-corrected chi connectivity index (χ1v) is 5.62. The summed E-state index contributed by atoms with van der Waals surface area (Å²) in [6.07, 6.45) is -3.43. The molecule has 0 atom stereocenters. The van der Waals surface area contributed by atoms with E-state index in [0.717, 1.165) is 6.07 Å². The maximum Gasteiger partial charge on any atom is 0.423 e. The number of hydrogen-bond acceptors (Lipinski definition) is 5. The number of β-amino-alcohol motifs (C(OH)–C–C–N with tert-alkyl or cyclic N) is 1. The van der Waals surface area contributed by atoms with E-state index < -0.39 is 22.4 Å². The second-order valence-electron chi connectivity index (χ2n) is 4.09. The molecule has 108 valence electrons. The molecule has 6 nitrogen and oxygen atoms in total. The molecule has 0 bridgehead atoms.